The molecule has 0 aromatic heterocycles. The summed E-state index contributed by atoms with van der Waals surface area (Å²) in [4.78, 5) is 2.50. The predicted octanol–water partition coefficient (Wildman–Crippen LogP) is 6.27. The van der Waals surface area contributed by atoms with Crippen molar-refractivity contribution in [2.75, 3.05) is 30.3 Å². The summed E-state index contributed by atoms with van der Waals surface area (Å²) in [5.41, 5.74) is 4.62. The number of allylic oxidation sites excluding steroid dienone is 3. The predicted molar refractivity (Wildman–Crippen MR) is 133 cm³/mol. The molecule has 31 heavy (non-hydrogen) atoms. The number of hydrogen-bond acceptors (Lipinski definition) is 3. The highest BCUT2D eigenvalue weighted by atomic mass is 32.2. The van der Waals surface area contributed by atoms with Crippen molar-refractivity contribution in [1.82, 2.24) is 0 Å². The van der Waals surface area contributed by atoms with Crippen molar-refractivity contribution in [3.63, 3.8) is 0 Å². The molecular weight excluding hydrogens is 398 g/mol. The maximum atomic E-state index is 9.98. The van der Waals surface area contributed by atoms with Gasteiger partial charge in [0.25, 0.3) is 0 Å². The van der Waals surface area contributed by atoms with Gasteiger partial charge in [-0.05, 0) is 43.4 Å². The highest BCUT2D eigenvalue weighted by molar-refractivity contribution is 8.14. The molecule has 1 aliphatic carbocycles. The van der Waals surface area contributed by atoms with Crippen LogP contribution < -0.4 is 4.90 Å². The van der Waals surface area contributed by atoms with E-state index in [9.17, 15) is 5.26 Å². The van der Waals surface area contributed by atoms with Gasteiger partial charge in [-0.25, -0.2) is 4.58 Å². The van der Waals surface area contributed by atoms with E-state index in [1.165, 1.54) is 60.5 Å². The number of nitrogens with zero attached hydrogens (tertiary/aromatic N) is 3. The Morgan fingerprint density at radius 3 is 2.81 bits per heavy atom. The van der Waals surface area contributed by atoms with Gasteiger partial charge in [-0.2, -0.15) is 5.26 Å². The van der Waals surface area contributed by atoms with Crippen molar-refractivity contribution in [1.29, 1.82) is 5.26 Å². The summed E-state index contributed by atoms with van der Waals surface area (Å²) >= 11 is 1.86. The van der Waals surface area contributed by atoms with Gasteiger partial charge < -0.3 is 4.90 Å². The van der Waals surface area contributed by atoms with Crippen LogP contribution in [0.15, 0.2) is 47.7 Å². The summed E-state index contributed by atoms with van der Waals surface area (Å²) in [6.07, 6.45) is 12.5. The van der Waals surface area contributed by atoms with E-state index in [2.05, 4.69) is 72.7 Å². The zero-order valence-corrected chi connectivity index (χ0v) is 20.2. The molecular formula is C27H36N3S+. The van der Waals surface area contributed by atoms with Crippen molar-refractivity contribution in [2.45, 2.75) is 64.7 Å². The van der Waals surface area contributed by atoms with Crippen LogP contribution in [-0.4, -0.2) is 35.0 Å². The summed E-state index contributed by atoms with van der Waals surface area (Å²) in [7, 11) is 0. The van der Waals surface area contributed by atoms with Crippen LogP contribution >= 0.6 is 11.8 Å². The summed E-state index contributed by atoms with van der Waals surface area (Å²) in [5.74, 6) is 2.03. The van der Waals surface area contributed by atoms with Crippen LogP contribution in [0.3, 0.4) is 0 Å². The van der Waals surface area contributed by atoms with Crippen LogP contribution in [0, 0.1) is 17.2 Å². The van der Waals surface area contributed by atoms with Crippen LogP contribution in [0.2, 0.25) is 0 Å². The zero-order valence-electron chi connectivity index (χ0n) is 19.4. The number of benzene rings is 1. The normalized spacial score (nSPS) is 22.5. The smallest absolute Gasteiger partial charge is 0.236 e. The maximum Gasteiger partial charge on any atom is 0.236 e. The van der Waals surface area contributed by atoms with E-state index in [1.807, 2.05) is 11.8 Å². The van der Waals surface area contributed by atoms with E-state index in [1.54, 1.807) is 0 Å². The first-order valence-corrected chi connectivity index (χ1v) is 13.0. The number of para-hydroxylation sites is 1. The molecule has 3 aliphatic rings. The highest BCUT2D eigenvalue weighted by Crippen LogP contribution is 2.48. The molecule has 0 saturated heterocycles. The van der Waals surface area contributed by atoms with E-state index < -0.39 is 0 Å². The summed E-state index contributed by atoms with van der Waals surface area (Å²) in [6, 6.07) is 11.3. The first kappa shape index (κ1) is 22.2. The third-order valence-corrected chi connectivity index (χ3v) is 8.33. The molecule has 3 nitrogen and oxygen atoms in total. The van der Waals surface area contributed by atoms with Gasteiger partial charge in [-0.3, -0.25) is 0 Å². The van der Waals surface area contributed by atoms with Crippen molar-refractivity contribution in [3.05, 3.63) is 53.3 Å². The lowest BCUT2D eigenvalue weighted by Crippen LogP contribution is -2.27. The Labute approximate surface area is 192 Å². The number of nitriles is 1. The maximum absolute atomic E-state index is 9.98. The monoisotopic (exact) mass is 434 g/mol. The van der Waals surface area contributed by atoms with Gasteiger partial charge in [-0.15, -0.1) is 0 Å². The molecule has 1 saturated carbocycles. The molecule has 4 rings (SSSR count). The first-order valence-electron chi connectivity index (χ1n) is 12.0. The first-order chi connectivity index (χ1) is 15.0. The average molecular weight is 435 g/mol. The Hall–Kier alpha value is -1.99. The Balaban J connectivity index is 1.64. The molecule has 0 amide bonds. The molecule has 1 aromatic rings. The fourth-order valence-electron chi connectivity index (χ4n) is 5.47. The third-order valence-electron chi connectivity index (χ3n) is 7.27. The van der Waals surface area contributed by atoms with Crippen LogP contribution in [-0.2, 0) is 5.41 Å². The minimum atomic E-state index is -0.0994. The Bertz CT molecular complexity index is 941. The topological polar surface area (TPSA) is 30.0 Å². The lowest BCUT2D eigenvalue weighted by atomic mass is 9.83. The average Bonchev–Trinajstić information content (AvgIpc) is 3.49. The minimum absolute atomic E-state index is 0.0994. The van der Waals surface area contributed by atoms with E-state index in [0.717, 1.165) is 36.9 Å². The molecule has 0 radical (unpaired) electrons. The lowest BCUT2D eigenvalue weighted by Gasteiger charge is -2.27. The molecule has 1 aromatic carbocycles. The van der Waals surface area contributed by atoms with Crippen LogP contribution in [0.1, 0.15) is 64.9 Å². The zero-order chi connectivity index (χ0) is 21.8. The molecule has 0 bridgehead atoms. The van der Waals surface area contributed by atoms with Gasteiger partial charge in [0.05, 0.1) is 17.4 Å². The van der Waals surface area contributed by atoms with E-state index in [0.29, 0.717) is 0 Å². The number of fused-ring (bicyclic) bond motifs is 1. The number of rotatable bonds is 7. The Morgan fingerprint density at radius 1 is 1.29 bits per heavy atom. The third kappa shape index (κ3) is 4.62. The molecule has 164 valence electrons. The second kappa shape index (κ2) is 9.65. The van der Waals surface area contributed by atoms with Crippen LogP contribution in [0.25, 0.3) is 0 Å². The molecule has 0 atom stereocenters. The van der Waals surface area contributed by atoms with Gasteiger partial charge in [0.15, 0.2) is 6.54 Å². The quantitative estimate of drug-likeness (QED) is 0.374. The number of thioether (sulfide) groups is 1. The van der Waals surface area contributed by atoms with Crippen LogP contribution in [0.5, 0.6) is 0 Å². The number of hydrogen-bond donors (Lipinski definition) is 0. The highest BCUT2D eigenvalue weighted by Gasteiger charge is 2.39. The molecule has 1 fully saturated rings. The van der Waals surface area contributed by atoms with Gasteiger partial charge in [0.2, 0.25) is 5.04 Å². The Kier molecular flexibility index (Phi) is 6.92. The van der Waals surface area contributed by atoms with Crippen molar-refractivity contribution in [2.24, 2.45) is 5.92 Å². The second-order valence-corrected chi connectivity index (χ2v) is 10.7. The minimum Gasteiger partial charge on any atom is -0.344 e. The molecule has 0 N–H and O–H groups in total. The standard InChI is InChI=1S/C27H36N3S/c1-4-29-16-17-31-26(29)19-22(20-28)18-25-27(2,3)23-13-7-8-14-24(23)30(25)15-9-12-21-10-5-6-11-21/h7-8,13-14,18-19,21H,4-6,9-12,15-17H2,1-3H3/q+1. The van der Waals surface area contributed by atoms with Crippen molar-refractivity contribution in [3.8, 4) is 6.07 Å². The van der Waals surface area contributed by atoms with Gasteiger partial charge in [0.1, 0.15) is 6.54 Å². The summed E-state index contributed by atoms with van der Waals surface area (Å²) in [6.45, 7) is 9.91. The second-order valence-electron chi connectivity index (χ2n) is 9.59. The van der Waals surface area contributed by atoms with Crippen molar-refractivity contribution >= 4 is 22.5 Å². The molecule has 2 heterocycles. The Morgan fingerprint density at radius 2 is 2.06 bits per heavy atom. The summed E-state index contributed by atoms with van der Waals surface area (Å²) in [5, 5.41) is 11.2. The largest absolute Gasteiger partial charge is 0.344 e. The molecule has 0 unspecified atom stereocenters. The van der Waals surface area contributed by atoms with E-state index in [-0.39, 0.29) is 5.41 Å². The molecule has 2 aliphatic heterocycles. The number of anilines is 1. The summed E-state index contributed by atoms with van der Waals surface area (Å²) < 4.78 is 2.37. The molecule has 0 spiro atoms. The SMILES string of the molecule is CC[N+]1=C(/C=C(C#N)/C=C2/N(CCCC3CCCC3)c3ccccc3C2(C)C)SCC1. The van der Waals surface area contributed by atoms with Gasteiger partial charge in [0, 0.05) is 29.4 Å². The van der Waals surface area contributed by atoms with Gasteiger partial charge in [-0.1, -0.05) is 69.5 Å². The van der Waals surface area contributed by atoms with E-state index >= 15 is 0 Å². The van der Waals surface area contributed by atoms with Crippen LogP contribution in [0.4, 0.5) is 5.69 Å². The lowest BCUT2D eigenvalue weighted by molar-refractivity contribution is -0.513. The fraction of sp³-hybridized carbons (Fsp3) is 0.556. The van der Waals surface area contributed by atoms with Crippen molar-refractivity contribution < 1.29 is 4.58 Å². The fourth-order valence-corrected chi connectivity index (χ4v) is 6.61. The van der Waals surface area contributed by atoms with Gasteiger partial charge >= 0.3 is 0 Å². The van der Waals surface area contributed by atoms with E-state index in [4.69, 9.17) is 0 Å². The molecule has 4 heteroatoms.